The molecule has 0 spiro atoms. The van der Waals surface area contributed by atoms with Gasteiger partial charge in [-0.2, -0.15) is 0 Å². The molecule has 2 aromatic rings. The maximum atomic E-state index is 11.7. The van der Waals surface area contributed by atoms with E-state index >= 15 is 0 Å². The molecule has 1 N–H and O–H groups in total. The van der Waals surface area contributed by atoms with Crippen molar-refractivity contribution >= 4 is 34.8 Å². The number of hydrogen-bond donors (Lipinski definition) is 1. The van der Waals surface area contributed by atoms with Crippen LogP contribution in [-0.2, 0) is 11.2 Å². The van der Waals surface area contributed by atoms with Crippen LogP contribution in [0.15, 0.2) is 54.6 Å². The van der Waals surface area contributed by atoms with E-state index in [1.807, 2.05) is 42.5 Å². The Morgan fingerprint density at radius 1 is 1.05 bits per heavy atom. The molecule has 1 amide bonds. The van der Waals surface area contributed by atoms with Crippen molar-refractivity contribution in [2.24, 2.45) is 0 Å². The fraction of sp³-hybridized carbons (Fsp3) is 0.188. The monoisotopic (exact) mass is 307 g/mol. The Hall–Kier alpha value is -1.51. The maximum Gasteiger partial charge on any atom is 0.243 e. The number of anilines is 1. The van der Waals surface area contributed by atoms with Crippen molar-refractivity contribution in [1.29, 1.82) is 0 Å². The maximum absolute atomic E-state index is 11.7. The molecule has 1 atom stereocenters. The molecule has 0 aromatic heterocycles. The summed E-state index contributed by atoms with van der Waals surface area (Å²) in [4.78, 5) is 11.7. The van der Waals surface area contributed by atoms with Gasteiger partial charge in [0, 0.05) is 11.6 Å². The fourth-order valence-corrected chi connectivity index (χ4v) is 2.08. The predicted molar refractivity (Wildman–Crippen MR) is 84.7 cm³/mol. The van der Waals surface area contributed by atoms with Crippen LogP contribution in [0, 0.1) is 0 Å². The molecule has 0 heterocycles. The van der Waals surface area contributed by atoms with Gasteiger partial charge in [0.15, 0.2) is 0 Å². The summed E-state index contributed by atoms with van der Waals surface area (Å²) in [5, 5.41) is 2.05. The number of carbonyl (C=O) groups excluding carboxylic acids is 1. The molecule has 0 aliphatic carbocycles. The van der Waals surface area contributed by atoms with Crippen LogP contribution in [0.25, 0.3) is 0 Å². The number of hydrogen-bond acceptors (Lipinski definition) is 1. The van der Waals surface area contributed by atoms with E-state index in [2.05, 4.69) is 17.4 Å². The van der Waals surface area contributed by atoms with Crippen LogP contribution in [0.2, 0.25) is 0 Å². The summed E-state index contributed by atoms with van der Waals surface area (Å²) in [5.41, 5.74) is 3.09. The summed E-state index contributed by atoms with van der Waals surface area (Å²) < 4.78 is 0. The van der Waals surface area contributed by atoms with E-state index < -0.39 is 5.38 Å². The summed E-state index contributed by atoms with van der Waals surface area (Å²) in [5.74, 6) is -0.185. The van der Waals surface area contributed by atoms with E-state index in [4.69, 9.17) is 23.2 Å². The highest BCUT2D eigenvalue weighted by Crippen LogP contribution is 2.15. The lowest BCUT2D eigenvalue weighted by atomic mass is 10.0. The van der Waals surface area contributed by atoms with Crippen LogP contribution in [0.3, 0.4) is 0 Å². The van der Waals surface area contributed by atoms with Crippen molar-refractivity contribution in [3.8, 4) is 0 Å². The first-order valence-corrected chi connectivity index (χ1v) is 7.30. The zero-order valence-electron chi connectivity index (χ0n) is 10.9. The minimum Gasteiger partial charge on any atom is -0.325 e. The smallest absolute Gasteiger partial charge is 0.243 e. The van der Waals surface area contributed by atoms with Crippen molar-refractivity contribution in [2.75, 3.05) is 11.2 Å². The zero-order chi connectivity index (χ0) is 14.4. The molecule has 0 radical (unpaired) electrons. The largest absolute Gasteiger partial charge is 0.325 e. The average molecular weight is 308 g/mol. The number of benzene rings is 2. The Morgan fingerprint density at radius 2 is 1.75 bits per heavy atom. The van der Waals surface area contributed by atoms with Crippen molar-refractivity contribution in [3.63, 3.8) is 0 Å². The second kappa shape index (κ2) is 7.32. The quantitative estimate of drug-likeness (QED) is 0.829. The highest BCUT2D eigenvalue weighted by Gasteiger charge is 2.13. The summed E-state index contributed by atoms with van der Waals surface area (Å²) in [6.07, 6.45) is 0.824. The highest BCUT2D eigenvalue weighted by molar-refractivity contribution is 6.37. The van der Waals surface area contributed by atoms with Gasteiger partial charge in [-0.25, -0.2) is 0 Å². The molecule has 0 bridgehead atoms. The summed E-state index contributed by atoms with van der Waals surface area (Å²) in [6.45, 7) is 0. The molecule has 0 saturated carbocycles. The molecule has 104 valence electrons. The van der Waals surface area contributed by atoms with Crippen molar-refractivity contribution in [2.45, 2.75) is 11.8 Å². The standard InChI is InChI=1S/C16H15Cl2NO/c17-11-15(18)16(20)19-14-8-4-7-13(10-14)9-12-5-2-1-3-6-12/h1-8,10,15H,9,11H2,(H,19,20). The molecule has 2 aromatic carbocycles. The zero-order valence-corrected chi connectivity index (χ0v) is 12.4. The Kier molecular flexibility index (Phi) is 5.45. The van der Waals surface area contributed by atoms with E-state index in [1.54, 1.807) is 0 Å². The Bertz CT molecular complexity index is 572. The van der Waals surface area contributed by atoms with Gasteiger partial charge in [0.25, 0.3) is 0 Å². The second-order valence-corrected chi connectivity index (χ2v) is 5.31. The lowest BCUT2D eigenvalue weighted by molar-refractivity contribution is -0.115. The van der Waals surface area contributed by atoms with Crippen LogP contribution in [0.5, 0.6) is 0 Å². The topological polar surface area (TPSA) is 29.1 Å². The van der Waals surface area contributed by atoms with Gasteiger partial charge in [-0.3, -0.25) is 4.79 Å². The molecule has 2 nitrogen and oxygen atoms in total. The van der Waals surface area contributed by atoms with Crippen LogP contribution in [0.4, 0.5) is 5.69 Å². The average Bonchev–Trinajstić information content (AvgIpc) is 2.47. The SMILES string of the molecule is O=C(Nc1cccc(Cc2ccccc2)c1)C(Cl)CCl. The van der Waals surface area contributed by atoms with Crippen molar-refractivity contribution in [3.05, 3.63) is 65.7 Å². The second-order valence-electron chi connectivity index (χ2n) is 4.47. The Labute approximate surface area is 128 Å². The van der Waals surface area contributed by atoms with Crippen molar-refractivity contribution < 1.29 is 4.79 Å². The van der Waals surface area contributed by atoms with Gasteiger partial charge in [-0.1, -0.05) is 42.5 Å². The first-order valence-electron chi connectivity index (χ1n) is 6.33. The first kappa shape index (κ1) is 14.9. The Balaban J connectivity index is 2.06. The summed E-state index contributed by atoms with van der Waals surface area (Å²) in [6, 6.07) is 17.9. The van der Waals surface area contributed by atoms with Gasteiger partial charge < -0.3 is 5.32 Å². The molecule has 0 aliphatic heterocycles. The molecule has 0 aliphatic rings. The van der Waals surface area contributed by atoms with Gasteiger partial charge >= 0.3 is 0 Å². The molecular formula is C16H15Cl2NO. The van der Waals surface area contributed by atoms with Gasteiger partial charge in [0.05, 0.1) is 0 Å². The van der Waals surface area contributed by atoms with Gasteiger partial charge in [-0.15, -0.1) is 23.2 Å². The molecule has 2 rings (SSSR count). The van der Waals surface area contributed by atoms with E-state index in [0.29, 0.717) is 0 Å². The van der Waals surface area contributed by atoms with Gasteiger partial charge in [0.2, 0.25) is 5.91 Å². The number of halogens is 2. The number of amides is 1. The number of carbonyl (C=O) groups is 1. The van der Waals surface area contributed by atoms with Crippen LogP contribution < -0.4 is 5.32 Å². The molecule has 0 saturated heterocycles. The molecule has 0 fully saturated rings. The minimum absolute atomic E-state index is 0.0943. The normalized spacial score (nSPS) is 11.9. The summed E-state index contributed by atoms with van der Waals surface area (Å²) >= 11 is 11.4. The van der Waals surface area contributed by atoms with Gasteiger partial charge in [0.1, 0.15) is 5.38 Å². The van der Waals surface area contributed by atoms with Crippen LogP contribution in [0.1, 0.15) is 11.1 Å². The number of alkyl halides is 2. The van der Waals surface area contributed by atoms with Crippen LogP contribution >= 0.6 is 23.2 Å². The molecule has 20 heavy (non-hydrogen) atoms. The van der Waals surface area contributed by atoms with E-state index in [1.165, 1.54) is 5.56 Å². The third-order valence-corrected chi connectivity index (χ3v) is 3.68. The third kappa shape index (κ3) is 4.26. The number of nitrogens with one attached hydrogen (secondary N) is 1. The predicted octanol–water partition coefficient (Wildman–Crippen LogP) is 4.06. The fourth-order valence-electron chi connectivity index (χ4n) is 1.88. The number of rotatable bonds is 5. The third-order valence-electron chi connectivity index (χ3n) is 2.87. The molecule has 4 heteroatoms. The molecular weight excluding hydrogens is 293 g/mol. The highest BCUT2D eigenvalue weighted by atomic mass is 35.5. The summed E-state index contributed by atoms with van der Waals surface area (Å²) in [7, 11) is 0. The minimum atomic E-state index is -0.713. The Morgan fingerprint density at radius 3 is 2.45 bits per heavy atom. The first-order chi connectivity index (χ1) is 9.69. The lowest BCUT2D eigenvalue weighted by Gasteiger charge is -2.09. The van der Waals surface area contributed by atoms with E-state index in [-0.39, 0.29) is 11.8 Å². The van der Waals surface area contributed by atoms with E-state index in [0.717, 1.165) is 17.7 Å². The van der Waals surface area contributed by atoms with E-state index in [9.17, 15) is 4.79 Å². The molecule has 1 unspecified atom stereocenters. The van der Waals surface area contributed by atoms with Crippen molar-refractivity contribution in [1.82, 2.24) is 0 Å². The van der Waals surface area contributed by atoms with Gasteiger partial charge in [-0.05, 0) is 29.7 Å². The lowest BCUT2D eigenvalue weighted by Crippen LogP contribution is -2.24. The van der Waals surface area contributed by atoms with Crippen LogP contribution in [-0.4, -0.2) is 17.2 Å².